The van der Waals surface area contributed by atoms with Gasteiger partial charge >= 0.3 is 0 Å². The van der Waals surface area contributed by atoms with Crippen molar-refractivity contribution in [2.24, 2.45) is 0 Å². The summed E-state index contributed by atoms with van der Waals surface area (Å²) in [5.41, 5.74) is 0.209. The van der Waals surface area contributed by atoms with Crippen molar-refractivity contribution in [3.05, 3.63) is 45.2 Å². The van der Waals surface area contributed by atoms with Crippen LogP contribution in [-0.4, -0.2) is 23.5 Å². The van der Waals surface area contributed by atoms with Gasteiger partial charge in [-0.3, -0.25) is 19.9 Å². The molecular weight excluding hydrogens is 308 g/mol. The zero-order chi connectivity index (χ0) is 14.9. The predicted octanol–water partition coefficient (Wildman–Crippen LogP) is 2.08. The summed E-state index contributed by atoms with van der Waals surface area (Å²) < 4.78 is 26.4. The maximum Gasteiger partial charge on any atom is 0.288 e. The molecule has 0 atom stereocenters. The van der Waals surface area contributed by atoms with Crippen molar-refractivity contribution in [1.29, 1.82) is 0 Å². The normalized spacial score (nSPS) is 11.3. The monoisotopic (exact) mass is 316 g/mol. The molecule has 2 rings (SSSR count). The second-order valence-electron chi connectivity index (χ2n) is 3.89. The molecule has 8 nitrogen and oxygen atoms in total. The van der Waals surface area contributed by atoms with Gasteiger partial charge in [0.05, 0.1) is 22.5 Å². The van der Waals surface area contributed by atoms with Crippen LogP contribution in [0.5, 0.6) is 0 Å². The number of H-pyrrole nitrogens is 1. The van der Waals surface area contributed by atoms with Crippen LogP contribution in [-0.2, 0) is 10.0 Å². The number of aromatic nitrogens is 2. The van der Waals surface area contributed by atoms with Crippen LogP contribution in [0.3, 0.4) is 0 Å². The van der Waals surface area contributed by atoms with Gasteiger partial charge in [0.15, 0.2) is 0 Å². The lowest BCUT2D eigenvalue weighted by molar-refractivity contribution is -0.384. The number of nitrogens with zero attached hydrogens (tertiary/aromatic N) is 2. The third-order valence-corrected chi connectivity index (χ3v) is 4.27. The molecule has 0 spiro atoms. The number of sulfonamides is 1. The van der Waals surface area contributed by atoms with Gasteiger partial charge in [0, 0.05) is 6.07 Å². The van der Waals surface area contributed by atoms with Crippen molar-refractivity contribution in [3.63, 3.8) is 0 Å². The van der Waals surface area contributed by atoms with Gasteiger partial charge in [-0.15, -0.1) is 0 Å². The van der Waals surface area contributed by atoms with Crippen LogP contribution >= 0.6 is 11.6 Å². The Morgan fingerprint density at radius 1 is 1.45 bits per heavy atom. The molecule has 0 amide bonds. The van der Waals surface area contributed by atoms with E-state index in [0.717, 1.165) is 6.07 Å². The van der Waals surface area contributed by atoms with Crippen LogP contribution < -0.4 is 4.72 Å². The maximum absolute atomic E-state index is 12.1. The molecule has 1 aromatic heterocycles. The molecule has 2 N–H and O–H groups in total. The van der Waals surface area contributed by atoms with Gasteiger partial charge in [-0.05, 0) is 19.1 Å². The van der Waals surface area contributed by atoms with Crippen LogP contribution in [0, 0.1) is 17.0 Å². The molecule has 0 saturated carbocycles. The fourth-order valence-electron chi connectivity index (χ4n) is 1.54. The topological polar surface area (TPSA) is 118 Å². The minimum atomic E-state index is -3.82. The average Bonchev–Trinajstić information content (AvgIpc) is 2.75. The summed E-state index contributed by atoms with van der Waals surface area (Å²) >= 11 is 5.71. The molecule has 20 heavy (non-hydrogen) atoms. The van der Waals surface area contributed by atoms with E-state index in [2.05, 4.69) is 14.9 Å². The van der Waals surface area contributed by atoms with Gasteiger partial charge < -0.3 is 0 Å². The smallest absolute Gasteiger partial charge is 0.281 e. The Bertz CT molecular complexity index is 771. The molecule has 0 radical (unpaired) electrons. The van der Waals surface area contributed by atoms with Crippen molar-refractivity contribution in [1.82, 2.24) is 10.2 Å². The zero-order valence-electron chi connectivity index (χ0n) is 10.1. The Labute approximate surface area is 119 Å². The predicted molar refractivity (Wildman–Crippen MR) is 72.2 cm³/mol. The number of aryl methyl sites for hydroxylation is 1. The van der Waals surface area contributed by atoms with Crippen LogP contribution in [0.1, 0.15) is 5.69 Å². The summed E-state index contributed by atoms with van der Waals surface area (Å²) in [6, 6.07) is 3.56. The van der Waals surface area contributed by atoms with E-state index in [9.17, 15) is 18.5 Å². The Balaban J connectivity index is 2.33. The third-order valence-electron chi connectivity index (χ3n) is 2.47. The Morgan fingerprint density at radius 2 is 2.15 bits per heavy atom. The van der Waals surface area contributed by atoms with Crippen molar-refractivity contribution < 1.29 is 13.3 Å². The van der Waals surface area contributed by atoms with E-state index in [0.29, 0.717) is 5.69 Å². The summed E-state index contributed by atoms with van der Waals surface area (Å²) in [4.78, 5) is 9.96. The molecule has 0 bridgehead atoms. The number of hydrogen-bond acceptors (Lipinski definition) is 5. The quantitative estimate of drug-likeness (QED) is 0.661. The fraction of sp³-hybridized carbons (Fsp3) is 0.100. The number of nitro groups is 1. The van der Waals surface area contributed by atoms with E-state index in [4.69, 9.17) is 11.6 Å². The zero-order valence-corrected chi connectivity index (χ0v) is 11.7. The van der Waals surface area contributed by atoms with Crippen LogP contribution in [0.25, 0.3) is 0 Å². The molecule has 10 heteroatoms. The van der Waals surface area contributed by atoms with Crippen molar-refractivity contribution in [3.8, 4) is 0 Å². The first-order chi connectivity index (χ1) is 9.31. The van der Waals surface area contributed by atoms with Gasteiger partial charge in [0.25, 0.3) is 15.7 Å². The molecule has 0 aliphatic heterocycles. The van der Waals surface area contributed by atoms with E-state index in [1.807, 2.05) is 0 Å². The second-order valence-corrected chi connectivity index (χ2v) is 5.95. The molecule has 0 fully saturated rings. The first-order valence-electron chi connectivity index (χ1n) is 5.28. The molecule has 2 aromatic rings. The third kappa shape index (κ3) is 2.73. The highest BCUT2D eigenvalue weighted by Gasteiger charge is 2.20. The highest BCUT2D eigenvalue weighted by atomic mass is 35.5. The summed E-state index contributed by atoms with van der Waals surface area (Å²) in [5, 5.41) is 16.6. The molecule has 106 valence electrons. The summed E-state index contributed by atoms with van der Waals surface area (Å²) in [7, 11) is -3.82. The van der Waals surface area contributed by atoms with Gasteiger partial charge in [0.2, 0.25) is 0 Å². The number of benzene rings is 1. The van der Waals surface area contributed by atoms with Gasteiger partial charge in [-0.2, -0.15) is 5.10 Å². The minimum Gasteiger partial charge on any atom is -0.281 e. The lowest BCUT2D eigenvalue weighted by Crippen LogP contribution is -2.13. The lowest BCUT2D eigenvalue weighted by atomic mass is 10.3. The van der Waals surface area contributed by atoms with Crippen LogP contribution in [0.15, 0.2) is 29.3 Å². The largest absolute Gasteiger partial charge is 0.288 e. The second kappa shape index (κ2) is 5.10. The fourth-order valence-corrected chi connectivity index (χ4v) is 2.98. The summed E-state index contributed by atoms with van der Waals surface area (Å²) in [6.45, 7) is 1.56. The highest BCUT2D eigenvalue weighted by molar-refractivity contribution is 7.92. The van der Waals surface area contributed by atoms with Crippen molar-refractivity contribution in [2.45, 2.75) is 11.8 Å². The number of hydrogen-bond donors (Lipinski definition) is 2. The molecule has 0 aliphatic carbocycles. The van der Waals surface area contributed by atoms with Gasteiger partial charge in [0.1, 0.15) is 9.92 Å². The molecular formula is C10H9ClN4O4S. The SMILES string of the molecule is Cc1[nH]ncc1S(=O)(=O)Nc1ccc([N+](=O)[O-])c(Cl)c1. The van der Waals surface area contributed by atoms with E-state index in [1.165, 1.54) is 18.3 Å². The molecule has 0 unspecified atom stereocenters. The van der Waals surface area contributed by atoms with Gasteiger partial charge in [-0.25, -0.2) is 8.42 Å². The van der Waals surface area contributed by atoms with E-state index in [1.54, 1.807) is 6.92 Å². The highest BCUT2D eigenvalue weighted by Crippen LogP contribution is 2.28. The Kier molecular flexibility index (Phi) is 3.64. The van der Waals surface area contributed by atoms with E-state index >= 15 is 0 Å². The first-order valence-corrected chi connectivity index (χ1v) is 7.14. The van der Waals surface area contributed by atoms with Crippen molar-refractivity contribution in [2.75, 3.05) is 4.72 Å². The Hall–Kier alpha value is -2.13. The van der Waals surface area contributed by atoms with E-state index in [-0.39, 0.29) is 21.3 Å². The Morgan fingerprint density at radius 3 is 2.65 bits per heavy atom. The molecule has 0 saturated heterocycles. The van der Waals surface area contributed by atoms with Gasteiger partial charge in [-0.1, -0.05) is 11.6 Å². The van der Waals surface area contributed by atoms with Crippen LogP contribution in [0.2, 0.25) is 5.02 Å². The molecule has 1 aromatic carbocycles. The number of nitrogens with one attached hydrogen (secondary N) is 2. The maximum atomic E-state index is 12.1. The molecule has 1 heterocycles. The lowest BCUT2D eigenvalue weighted by Gasteiger charge is -2.07. The average molecular weight is 317 g/mol. The number of aromatic amines is 1. The summed E-state index contributed by atoms with van der Waals surface area (Å²) in [5.74, 6) is 0. The number of anilines is 1. The first kappa shape index (κ1) is 14.3. The number of halogens is 1. The van der Waals surface area contributed by atoms with E-state index < -0.39 is 14.9 Å². The minimum absolute atomic E-state index is 0.00743. The standard InChI is InChI=1S/C10H9ClN4O4S/c1-6-10(5-12-13-6)20(18,19)14-7-2-3-9(15(16)17)8(11)4-7/h2-5,14H,1H3,(H,12,13). The van der Waals surface area contributed by atoms with Crippen LogP contribution in [0.4, 0.5) is 11.4 Å². The number of nitro benzene ring substituents is 1. The summed E-state index contributed by atoms with van der Waals surface area (Å²) in [6.07, 6.45) is 1.17. The molecule has 0 aliphatic rings. The number of rotatable bonds is 4. The van der Waals surface area contributed by atoms with Crippen molar-refractivity contribution >= 4 is 33.0 Å².